The molecule has 122 valence electrons. The average molecular weight is 324 g/mol. The molecule has 0 unspecified atom stereocenters. The fraction of sp³-hybridized carbons (Fsp3) is 0.158. The van der Waals surface area contributed by atoms with Crippen molar-refractivity contribution in [3.63, 3.8) is 0 Å². The third-order valence-corrected chi connectivity index (χ3v) is 3.71. The Morgan fingerprint density at radius 1 is 1.17 bits per heavy atom. The smallest absolute Gasteiger partial charge is 0.257 e. The van der Waals surface area contributed by atoms with Crippen LogP contribution in [0.15, 0.2) is 53.1 Å². The maximum atomic E-state index is 13.4. The normalized spacial score (nSPS) is 10.6. The molecule has 1 N–H and O–H groups in total. The third-order valence-electron chi connectivity index (χ3n) is 3.71. The Labute approximate surface area is 139 Å². The number of nitrogens with zero attached hydrogens (tertiary/aromatic N) is 1. The highest BCUT2D eigenvalue weighted by molar-refractivity contribution is 6.00. The van der Waals surface area contributed by atoms with Gasteiger partial charge in [-0.05, 0) is 31.5 Å². The van der Waals surface area contributed by atoms with E-state index >= 15 is 0 Å². The van der Waals surface area contributed by atoms with Crippen LogP contribution in [0.5, 0.6) is 0 Å². The zero-order valence-electron chi connectivity index (χ0n) is 13.5. The van der Waals surface area contributed by atoms with Crippen LogP contribution in [0.1, 0.15) is 27.2 Å². The summed E-state index contributed by atoms with van der Waals surface area (Å²) in [5.41, 5.74) is 3.41. The molecule has 0 aliphatic heterocycles. The van der Waals surface area contributed by atoms with E-state index < -0.39 is 5.82 Å². The van der Waals surface area contributed by atoms with Crippen LogP contribution in [0.2, 0.25) is 0 Å². The summed E-state index contributed by atoms with van der Waals surface area (Å²) >= 11 is 0. The topological polar surface area (TPSA) is 55.1 Å². The number of amides is 1. The van der Waals surface area contributed by atoms with Crippen molar-refractivity contribution in [3.05, 3.63) is 76.7 Å². The highest BCUT2D eigenvalue weighted by Gasteiger charge is 2.21. The van der Waals surface area contributed by atoms with Crippen molar-refractivity contribution in [2.45, 2.75) is 20.4 Å². The van der Waals surface area contributed by atoms with Crippen LogP contribution in [0.4, 0.5) is 4.39 Å². The number of benzene rings is 2. The van der Waals surface area contributed by atoms with Gasteiger partial charge < -0.3 is 9.84 Å². The van der Waals surface area contributed by atoms with Crippen molar-refractivity contribution in [2.24, 2.45) is 0 Å². The Bertz CT molecular complexity index is 887. The third kappa shape index (κ3) is 3.35. The van der Waals surface area contributed by atoms with Gasteiger partial charge >= 0.3 is 0 Å². The number of aryl methyl sites for hydroxylation is 2. The molecule has 3 rings (SSSR count). The minimum Gasteiger partial charge on any atom is -0.355 e. The molecule has 0 spiro atoms. The second-order valence-corrected chi connectivity index (χ2v) is 5.65. The monoisotopic (exact) mass is 324 g/mol. The molecule has 0 aliphatic carbocycles. The van der Waals surface area contributed by atoms with Crippen molar-refractivity contribution in [3.8, 4) is 11.3 Å². The highest BCUT2D eigenvalue weighted by Crippen LogP contribution is 2.26. The quantitative estimate of drug-likeness (QED) is 0.788. The molecule has 2 aromatic carbocycles. The number of carbonyl (C=O) groups is 1. The van der Waals surface area contributed by atoms with Gasteiger partial charge in [-0.1, -0.05) is 47.1 Å². The molecule has 0 fully saturated rings. The summed E-state index contributed by atoms with van der Waals surface area (Å²) in [4.78, 5) is 12.6. The SMILES string of the molecule is Cc1cccc(CNC(=O)c2c(C)noc2-c2cccc(F)c2)c1. The number of hydrogen-bond donors (Lipinski definition) is 1. The van der Waals surface area contributed by atoms with Crippen LogP contribution >= 0.6 is 0 Å². The minimum atomic E-state index is -0.396. The van der Waals surface area contributed by atoms with Gasteiger partial charge in [0, 0.05) is 12.1 Å². The molecular weight excluding hydrogens is 307 g/mol. The molecule has 1 amide bonds. The Hall–Kier alpha value is -2.95. The van der Waals surface area contributed by atoms with Gasteiger partial charge in [0.25, 0.3) is 5.91 Å². The zero-order chi connectivity index (χ0) is 17.1. The van der Waals surface area contributed by atoms with Crippen molar-refractivity contribution >= 4 is 5.91 Å². The molecule has 5 heteroatoms. The first kappa shape index (κ1) is 15.9. The lowest BCUT2D eigenvalue weighted by atomic mass is 10.1. The molecular formula is C19H17FN2O2. The van der Waals surface area contributed by atoms with Crippen molar-refractivity contribution in [1.82, 2.24) is 10.5 Å². The van der Waals surface area contributed by atoms with Gasteiger partial charge in [0.05, 0.1) is 5.69 Å². The van der Waals surface area contributed by atoms with Crippen LogP contribution in [-0.2, 0) is 6.54 Å². The summed E-state index contributed by atoms with van der Waals surface area (Å²) in [6.45, 7) is 4.08. The molecule has 3 aromatic rings. The lowest BCUT2D eigenvalue weighted by molar-refractivity contribution is 0.0950. The first-order valence-electron chi connectivity index (χ1n) is 7.60. The van der Waals surface area contributed by atoms with Crippen LogP contribution in [0.25, 0.3) is 11.3 Å². The predicted molar refractivity (Wildman–Crippen MR) is 89.0 cm³/mol. The van der Waals surface area contributed by atoms with Crippen LogP contribution < -0.4 is 5.32 Å². The fourth-order valence-corrected chi connectivity index (χ4v) is 2.56. The molecule has 4 nitrogen and oxygen atoms in total. The van der Waals surface area contributed by atoms with E-state index in [1.54, 1.807) is 19.1 Å². The Kier molecular flexibility index (Phi) is 4.42. The molecule has 0 saturated heterocycles. The summed E-state index contributed by atoms with van der Waals surface area (Å²) in [5.74, 6) is -0.420. The second kappa shape index (κ2) is 6.66. The molecule has 24 heavy (non-hydrogen) atoms. The van der Waals surface area contributed by atoms with Crippen molar-refractivity contribution in [2.75, 3.05) is 0 Å². The lowest BCUT2D eigenvalue weighted by Gasteiger charge is -2.07. The minimum absolute atomic E-state index is 0.272. The second-order valence-electron chi connectivity index (χ2n) is 5.65. The van der Waals surface area contributed by atoms with Crippen LogP contribution in [0.3, 0.4) is 0 Å². The first-order chi connectivity index (χ1) is 11.5. The standard InChI is InChI=1S/C19H17FN2O2/c1-12-5-3-6-14(9-12)11-21-19(23)17-13(2)22-24-18(17)15-7-4-8-16(20)10-15/h3-10H,11H2,1-2H3,(H,21,23). The summed E-state index contributed by atoms with van der Waals surface area (Å²) in [6.07, 6.45) is 0. The average Bonchev–Trinajstić information content (AvgIpc) is 2.94. The van der Waals surface area contributed by atoms with E-state index in [4.69, 9.17) is 4.52 Å². The number of carbonyl (C=O) groups excluding carboxylic acids is 1. The van der Waals surface area contributed by atoms with Crippen LogP contribution in [0, 0.1) is 19.7 Å². The van der Waals surface area contributed by atoms with E-state index in [1.807, 2.05) is 31.2 Å². The Balaban J connectivity index is 1.84. The lowest BCUT2D eigenvalue weighted by Crippen LogP contribution is -2.23. The number of halogens is 1. The number of nitrogens with one attached hydrogen (secondary N) is 1. The Morgan fingerprint density at radius 2 is 1.96 bits per heavy atom. The van der Waals surface area contributed by atoms with E-state index in [2.05, 4.69) is 10.5 Å². The number of hydrogen-bond acceptors (Lipinski definition) is 3. The van der Waals surface area contributed by atoms with E-state index in [0.29, 0.717) is 23.4 Å². The van der Waals surface area contributed by atoms with Crippen molar-refractivity contribution < 1.29 is 13.7 Å². The first-order valence-corrected chi connectivity index (χ1v) is 7.60. The summed E-state index contributed by atoms with van der Waals surface area (Å²) in [6, 6.07) is 13.8. The van der Waals surface area contributed by atoms with Gasteiger partial charge in [-0.3, -0.25) is 4.79 Å². The van der Waals surface area contributed by atoms with E-state index in [-0.39, 0.29) is 11.7 Å². The van der Waals surface area contributed by atoms with Gasteiger partial charge in [-0.2, -0.15) is 0 Å². The fourth-order valence-electron chi connectivity index (χ4n) is 2.56. The number of rotatable bonds is 4. The maximum Gasteiger partial charge on any atom is 0.257 e. The molecule has 0 aliphatic rings. The van der Waals surface area contributed by atoms with Crippen LogP contribution in [-0.4, -0.2) is 11.1 Å². The van der Waals surface area contributed by atoms with Gasteiger partial charge in [0.15, 0.2) is 5.76 Å². The van der Waals surface area contributed by atoms with Gasteiger partial charge in [0.2, 0.25) is 0 Å². The molecule has 0 saturated carbocycles. The van der Waals surface area contributed by atoms with Gasteiger partial charge in [-0.15, -0.1) is 0 Å². The summed E-state index contributed by atoms with van der Waals surface area (Å²) in [7, 11) is 0. The van der Waals surface area contributed by atoms with E-state index in [1.165, 1.54) is 12.1 Å². The largest absolute Gasteiger partial charge is 0.355 e. The molecule has 0 bridgehead atoms. The van der Waals surface area contributed by atoms with E-state index in [9.17, 15) is 9.18 Å². The summed E-state index contributed by atoms with van der Waals surface area (Å²) in [5, 5.41) is 6.72. The predicted octanol–water partition coefficient (Wildman–Crippen LogP) is 4.03. The van der Waals surface area contributed by atoms with Gasteiger partial charge in [-0.25, -0.2) is 4.39 Å². The zero-order valence-corrected chi connectivity index (χ0v) is 13.5. The number of aromatic nitrogens is 1. The maximum absolute atomic E-state index is 13.4. The van der Waals surface area contributed by atoms with Crippen molar-refractivity contribution in [1.29, 1.82) is 0 Å². The Morgan fingerprint density at radius 3 is 2.71 bits per heavy atom. The summed E-state index contributed by atoms with van der Waals surface area (Å²) < 4.78 is 18.7. The molecule has 1 aromatic heterocycles. The molecule has 0 atom stereocenters. The molecule has 0 radical (unpaired) electrons. The van der Waals surface area contributed by atoms with Gasteiger partial charge in [0.1, 0.15) is 11.4 Å². The van der Waals surface area contributed by atoms with E-state index in [0.717, 1.165) is 11.1 Å². The highest BCUT2D eigenvalue weighted by atomic mass is 19.1. The molecule has 1 heterocycles.